The van der Waals surface area contributed by atoms with E-state index in [0.29, 0.717) is 36.2 Å². The van der Waals surface area contributed by atoms with Gasteiger partial charge < -0.3 is 18.6 Å². The van der Waals surface area contributed by atoms with Crippen molar-refractivity contribution in [1.29, 1.82) is 0 Å². The minimum atomic E-state index is -0.524. The van der Waals surface area contributed by atoms with Gasteiger partial charge >= 0.3 is 5.97 Å². The third kappa shape index (κ3) is 4.85. The lowest BCUT2D eigenvalue weighted by Gasteiger charge is -2.18. The van der Waals surface area contributed by atoms with Gasteiger partial charge in [0.15, 0.2) is 23.9 Å². The van der Waals surface area contributed by atoms with Crippen LogP contribution in [0, 0.1) is 0 Å². The largest absolute Gasteiger partial charge is 0.486 e. The third-order valence-corrected chi connectivity index (χ3v) is 4.86. The summed E-state index contributed by atoms with van der Waals surface area (Å²) in [6.07, 6.45) is -0.0343. The minimum absolute atomic E-state index is 0.0203. The average Bonchev–Trinajstić information content (AvgIpc) is 3.25. The Hall–Kier alpha value is -3.20. The maximum Gasteiger partial charge on any atom is 0.306 e. The molecule has 0 unspecified atom stereocenters. The lowest BCUT2D eigenvalue weighted by Crippen LogP contribution is -2.16. The average molecular weight is 473 g/mol. The Bertz CT molecular complexity index is 1060. The van der Waals surface area contributed by atoms with E-state index >= 15 is 0 Å². The first-order valence-corrected chi connectivity index (χ1v) is 10.0. The molecule has 0 fully saturated rings. The molecule has 0 N–H and O–H groups in total. The SMILES string of the molecule is O=C(CCC(=O)c1ccc2c(c1)OCCO2)OCc1nnc(-c2ccc(Br)cc2)o1. The van der Waals surface area contributed by atoms with Crippen LogP contribution in [0.5, 0.6) is 11.5 Å². The van der Waals surface area contributed by atoms with Gasteiger partial charge in [-0.15, -0.1) is 10.2 Å². The highest BCUT2D eigenvalue weighted by Crippen LogP contribution is 2.31. The third-order valence-electron chi connectivity index (χ3n) is 4.33. The Kier molecular flexibility index (Phi) is 6.08. The van der Waals surface area contributed by atoms with Crippen LogP contribution in [0.2, 0.25) is 0 Å². The van der Waals surface area contributed by atoms with Crippen molar-refractivity contribution in [3.63, 3.8) is 0 Å². The molecule has 0 atom stereocenters. The van der Waals surface area contributed by atoms with Gasteiger partial charge in [-0.25, -0.2) is 0 Å². The molecule has 3 aromatic rings. The van der Waals surface area contributed by atoms with Crippen molar-refractivity contribution in [1.82, 2.24) is 10.2 Å². The predicted octanol–water partition coefficient (Wildman–Crippen LogP) is 3.98. The Balaban J connectivity index is 1.26. The molecule has 0 spiro atoms. The van der Waals surface area contributed by atoms with Crippen LogP contribution in [0.4, 0.5) is 0 Å². The van der Waals surface area contributed by atoms with Gasteiger partial charge in [0.1, 0.15) is 13.2 Å². The van der Waals surface area contributed by atoms with Gasteiger partial charge in [-0.3, -0.25) is 9.59 Å². The molecule has 154 valence electrons. The number of benzene rings is 2. The first-order chi connectivity index (χ1) is 14.6. The molecule has 30 heavy (non-hydrogen) atoms. The smallest absolute Gasteiger partial charge is 0.306 e. The zero-order chi connectivity index (χ0) is 20.9. The first-order valence-electron chi connectivity index (χ1n) is 9.25. The number of Topliss-reactive ketones (excluding diaryl/α,β-unsaturated/α-hetero) is 1. The van der Waals surface area contributed by atoms with Crippen LogP contribution < -0.4 is 9.47 Å². The first kappa shape index (κ1) is 20.1. The fourth-order valence-corrected chi connectivity index (χ4v) is 3.08. The molecule has 0 aliphatic carbocycles. The van der Waals surface area contributed by atoms with E-state index in [1.165, 1.54) is 0 Å². The van der Waals surface area contributed by atoms with Crippen molar-refractivity contribution in [2.45, 2.75) is 19.4 Å². The van der Waals surface area contributed by atoms with E-state index in [1.54, 1.807) is 18.2 Å². The molecule has 2 aromatic carbocycles. The molecule has 1 aliphatic heterocycles. The molecule has 9 heteroatoms. The number of halogens is 1. The van der Waals surface area contributed by atoms with E-state index in [2.05, 4.69) is 26.1 Å². The monoisotopic (exact) mass is 472 g/mol. The topological polar surface area (TPSA) is 101 Å². The fourth-order valence-electron chi connectivity index (χ4n) is 2.81. The van der Waals surface area contributed by atoms with E-state index in [-0.39, 0.29) is 31.1 Å². The number of rotatable bonds is 7. The van der Waals surface area contributed by atoms with E-state index in [4.69, 9.17) is 18.6 Å². The summed E-state index contributed by atoms with van der Waals surface area (Å²) < 4.78 is 22.5. The molecule has 1 aromatic heterocycles. The highest BCUT2D eigenvalue weighted by atomic mass is 79.9. The van der Waals surface area contributed by atoms with E-state index < -0.39 is 5.97 Å². The summed E-state index contributed by atoms with van der Waals surface area (Å²) in [6, 6.07) is 12.4. The standard InChI is InChI=1S/C21H17BrN2O6/c22-15-4-1-13(2-5-15)21-24-23-19(30-21)12-29-20(26)8-6-16(25)14-3-7-17-18(11-14)28-10-9-27-17/h1-5,7,11H,6,8-10,12H2. The van der Waals surface area contributed by atoms with Crippen molar-refractivity contribution in [2.75, 3.05) is 13.2 Å². The molecular weight excluding hydrogens is 456 g/mol. The van der Waals surface area contributed by atoms with Crippen molar-refractivity contribution in [3.8, 4) is 23.0 Å². The lowest BCUT2D eigenvalue weighted by atomic mass is 10.1. The Labute approximate surface area is 180 Å². The molecular formula is C21H17BrN2O6. The second-order valence-electron chi connectivity index (χ2n) is 6.45. The summed E-state index contributed by atoms with van der Waals surface area (Å²) in [5, 5.41) is 7.82. The number of hydrogen-bond donors (Lipinski definition) is 0. The molecule has 0 amide bonds. The molecule has 4 rings (SSSR count). The van der Waals surface area contributed by atoms with Crippen molar-refractivity contribution >= 4 is 27.7 Å². The number of ketones is 1. The zero-order valence-electron chi connectivity index (χ0n) is 15.8. The Morgan fingerprint density at radius 3 is 2.53 bits per heavy atom. The van der Waals surface area contributed by atoms with Gasteiger partial charge in [-0.2, -0.15) is 0 Å². The summed E-state index contributed by atoms with van der Waals surface area (Å²) in [7, 11) is 0. The fraction of sp³-hybridized carbons (Fsp3) is 0.238. The minimum Gasteiger partial charge on any atom is -0.486 e. The van der Waals surface area contributed by atoms with Crippen LogP contribution in [0.3, 0.4) is 0 Å². The van der Waals surface area contributed by atoms with Gasteiger partial charge in [0, 0.05) is 22.0 Å². The van der Waals surface area contributed by atoms with Crippen LogP contribution in [-0.4, -0.2) is 35.2 Å². The normalized spacial score (nSPS) is 12.4. The number of aromatic nitrogens is 2. The lowest BCUT2D eigenvalue weighted by molar-refractivity contribution is -0.145. The quantitative estimate of drug-likeness (QED) is 0.375. The van der Waals surface area contributed by atoms with E-state index in [9.17, 15) is 9.59 Å². The molecule has 0 saturated heterocycles. The van der Waals surface area contributed by atoms with E-state index in [0.717, 1.165) is 10.0 Å². The summed E-state index contributed by atoms with van der Waals surface area (Å²) in [6.45, 7) is 0.771. The highest BCUT2D eigenvalue weighted by molar-refractivity contribution is 9.10. The molecule has 0 saturated carbocycles. The zero-order valence-corrected chi connectivity index (χ0v) is 17.4. The molecule has 0 bridgehead atoms. The number of hydrogen-bond acceptors (Lipinski definition) is 8. The van der Waals surface area contributed by atoms with Gasteiger partial charge in [-0.1, -0.05) is 15.9 Å². The van der Waals surface area contributed by atoms with Crippen LogP contribution in [0.25, 0.3) is 11.5 Å². The summed E-state index contributed by atoms with van der Waals surface area (Å²) in [5.41, 5.74) is 1.22. The van der Waals surface area contributed by atoms with Crippen molar-refractivity contribution in [3.05, 3.63) is 58.4 Å². The number of ether oxygens (including phenoxy) is 3. The molecule has 0 radical (unpaired) electrons. The Morgan fingerprint density at radius 2 is 1.73 bits per heavy atom. The number of esters is 1. The second kappa shape index (κ2) is 9.08. The van der Waals surface area contributed by atoms with Crippen LogP contribution in [0.1, 0.15) is 29.1 Å². The number of fused-ring (bicyclic) bond motifs is 1. The van der Waals surface area contributed by atoms with Crippen molar-refractivity contribution < 1.29 is 28.2 Å². The van der Waals surface area contributed by atoms with Crippen LogP contribution in [-0.2, 0) is 16.1 Å². The molecule has 8 nitrogen and oxygen atoms in total. The maximum absolute atomic E-state index is 12.3. The number of carbonyl (C=O) groups excluding carboxylic acids is 2. The Morgan fingerprint density at radius 1 is 0.967 bits per heavy atom. The highest BCUT2D eigenvalue weighted by Gasteiger charge is 2.17. The number of carbonyl (C=O) groups is 2. The predicted molar refractivity (Wildman–Crippen MR) is 108 cm³/mol. The summed E-state index contributed by atoms with van der Waals surface area (Å²) in [4.78, 5) is 24.3. The summed E-state index contributed by atoms with van der Waals surface area (Å²) in [5.74, 6) is 0.956. The van der Waals surface area contributed by atoms with Gasteiger partial charge in [0.25, 0.3) is 5.89 Å². The molecule has 1 aliphatic rings. The van der Waals surface area contributed by atoms with E-state index in [1.807, 2.05) is 24.3 Å². The second-order valence-corrected chi connectivity index (χ2v) is 7.37. The number of nitrogens with zero attached hydrogens (tertiary/aromatic N) is 2. The molecule has 2 heterocycles. The van der Waals surface area contributed by atoms with Crippen molar-refractivity contribution in [2.24, 2.45) is 0 Å². The maximum atomic E-state index is 12.3. The van der Waals surface area contributed by atoms with Crippen LogP contribution >= 0.6 is 15.9 Å². The van der Waals surface area contributed by atoms with Crippen LogP contribution in [0.15, 0.2) is 51.4 Å². The van der Waals surface area contributed by atoms with Gasteiger partial charge in [0.2, 0.25) is 5.89 Å². The van der Waals surface area contributed by atoms with Gasteiger partial charge in [-0.05, 0) is 42.5 Å². The van der Waals surface area contributed by atoms with Gasteiger partial charge in [0.05, 0.1) is 6.42 Å². The summed E-state index contributed by atoms with van der Waals surface area (Å²) >= 11 is 3.36.